The predicted octanol–water partition coefficient (Wildman–Crippen LogP) is 7.35. The van der Waals surface area contributed by atoms with Crippen LogP contribution in [0.5, 0.6) is 0 Å². The molecule has 0 spiro atoms. The zero-order valence-corrected chi connectivity index (χ0v) is 18.4. The highest BCUT2D eigenvalue weighted by Crippen LogP contribution is 2.11. The summed E-state index contributed by atoms with van der Waals surface area (Å²) in [4.78, 5) is 0. The van der Waals surface area contributed by atoms with Crippen LogP contribution in [0.1, 0.15) is 108 Å². The molecule has 2 nitrogen and oxygen atoms in total. The van der Waals surface area contributed by atoms with Crippen LogP contribution in [0.2, 0.25) is 0 Å². The van der Waals surface area contributed by atoms with E-state index < -0.39 is 6.10 Å². The van der Waals surface area contributed by atoms with Crippen LogP contribution in [0.3, 0.4) is 0 Å². The summed E-state index contributed by atoms with van der Waals surface area (Å²) in [5, 5.41) is 13.5. The molecule has 0 heterocycles. The molecule has 0 aliphatic rings. The Bertz CT molecular complexity index is 457. The maximum Gasteiger partial charge on any atom is 0.0914 e. The molecular weight excluding hydrogens is 342 g/mol. The predicted molar refractivity (Wildman–Crippen MR) is 124 cm³/mol. The van der Waals surface area contributed by atoms with E-state index >= 15 is 0 Å². The van der Waals surface area contributed by atoms with Crippen molar-refractivity contribution in [3.8, 4) is 0 Å². The summed E-state index contributed by atoms with van der Waals surface area (Å²) in [7, 11) is 0. The lowest BCUT2D eigenvalue weighted by Crippen LogP contribution is -2.22. The number of unbranched alkanes of at least 4 members (excludes halogenated alkanes) is 12. The van der Waals surface area contributed by atoms with E-state index in [4.69, 9.17) is 0 Å². The fourth-order valence-corrected chi connectivity index (χ4v) is 3.53. The van der Waals surface area contributed by atoms with E-state index in [0.717, 1.165) is 12.1 Å². The smallest absolute Gasteiger partial charge is 0.0914 e. The van der Waals surface area contributed by atoms with Crippen LogP contribution >= 0.6 is 0 Å². The summed E-state index contributed by atoms with van der Waals surface area (Å²) >= 11 is 0. The first-order chi connectivity index (χ1) is 13.8. The molecule has 1 atom stereocenters. The zero-order chi connectivity index (χ0) is 20.1. The molecule has 1 aromatic carbocycles. The first-order valence-electron chi connectivity index (χ1n) is 11.9. The lowest BCUT2D eigenvalue weighted by Gasteiger charge is -2.12. The third-order valence-electron chi connectivity index (χ3n) is 5.39. The lowest BCUT2D eigenvalue weighted by atomic mass is 10.1. The normalized spacial score (nSPS) is 12.6. The van der Waals surface area contributed by atoms with Gasteiger partial charge in [0.2, 0.25) is 0 Å². The summed E-state index contributed by atoms with van der Waals surface area (Å²) in [5.74, 6) is 0. The molecule has 28 heavy (non-hydrogen) atoms. The van der Waals surface area contributed by atoms with Gasteiger partial charge in [-0.05, 0) is 44.2 Å². The Balaban J connectivity index is 1.78. The highest BCUT2D eigenvalue weighted by atomic mass is 16.3. The highest BCUT2D eigenvalue weighted by Gasteiger charge is 2.05. The van der Waals surface area contributed by atoms with E-state index in [1.54, 1.807) is 0 Å². The van der Waals surface area contributed by atoms with E-state index in [9.17, 15) is 5.11 Å². The molecular formula is C26H45NO. The second kappa shape index (κ2) is 19.2. The quantitative estimate of drug-likeness (QED) is 0.192. The van der Waals surface area contributed by atoms with Crippen molar-refractivity contribution in [2.75, 3.05) is 13.1 Å². The van der Waals surface area contributed by atoms with Crippen LogP contribution in [0.4, 0.5) is 0 Å². The largest absolute Gasteiger partial charge is 0.387 e. The summed E-state index contributed by atoms with van der Waals surface area (Å²) in [6, 6.07) is 9.90. The topological polar surface area (TPSA) is 32.3 Å². The third kappa shape index (κ3) is 14.9. The molecule has 0 aliphatic heterocycles. The van der Waals surface area contributed by atoms with Crippen molar-refractivity contribution in [3.05, 3.63) is 48.0 Å². The molecule has 0 aliphatic carbocycles. The second-order valence-corrected chi connectivity index (χ2v) is 8.07. The Morgan fingerprint density at radius 2 is 1.29 bits per heavy atom. The number of hydrogen-bond donors (Lipinski definition) is 2. The average molecular weight is 388 g/mol. The van der Waals surface area contributed by atoms with Gasteiger partial charge in [-0.15, -0.1) is 0 Å². The number of nitrogens with one attached hydrogen (secondary N) is 1. The van der Waals surface area contributed by atoms with Crippen molar-refractivity contribution in [1.82, 2.24) is 5.32 Å². The summed E-state index contributed by atoms with van der Waals surface area (Å²) < 4.78 is 0. The van der Waals surface area contributed by atoms with Crippen molar-refractivity contribution in [2.45, 2.75) is 103 Å². The molecule has 160 valence electrons. The van der Waals surface area contributed by atoms with E-state index in [2.05, 4.69) is 24.4 Å². The summed E-state index contributed by atoms with van der Waals surface area (Å²) in [5.41, 5.74) is 0.996. The van der Waals surface area contributed by atoms with Gasteiger partial charge < -0.3 is 10.4 Å². The van der Waals surface area contributed by atoms with Gasteiger partial charge in [0.25, 0.3) is 0 Å². The maximum absolute atomic E-state index is 10.1. The van der Waals surface area contributed by atoms with Crippen LogP contribution in [0.15, 0.2) is 42.5 Å². The Morgan fingerprint density at radius 3 is 1.89 bits per heavy atom. The SMILES string of the molecule is CCCCCCCCC=CCCCCCCCCNCC(O)c1ccccc1. The number of rotatable bonds is 19. The molecule has 0 saturated heterocycles. The average Bonchev–Trinajstić information content (AvgIpc) is 2.73. The van der Waals surface area contributed by atoms with Gasteiger partial charge in [0.1, 0.15) is 0 Å². The van der Waals surface area contributed by atoms with E-state index in [-0.39, 0.29) is 0 Å². The van der Waals surface area contributed by atoms with Gasteiger partial charge in [-0.2, -0.15) is 0 Å². The maximum atomic E-state index is 10.1. The molecule has 2 heteroatoms. The molecule has 1 aromatic rings. The minimum absolute atomic E-state index is 0.393. The monoisotopic (exact) mass is 387 g/mol. The number of aliphatic hydroxyl groups is 1. The number of hydrogen-bond acceptors (Lipinski definition) is 2. The lowest BCUT2D eigenvalue weighted by molar-refractivity contribution is 0.174. The molecule has 0 bridgehead atoms. The van der Waals surface area contributed by atoms with E-state index in [0.29, 0.717) is 6.54 Å². The summed E-state index contributed by atoms with van der Waals surface area (Å²) in [6.07, 6.45) is 23.2. The van der Waals surface area contributed by atoms with Gasteiger partial charge in [-0.1, -0.05) is 107 Å². The Morgan fingerprint density at radius 1 is 0.750 bits per heavy atom. The Hall–Kier alpha value is -1.12. The molecule has 1 rings (SSSR count). The second-order valence-electron chi connectivity index (χ2n) is 8.07. The van der Waals surface area contributed by atoms with Gasteiger partial charge in [-0.3, -0.25) is 0 Å². The van der Waals surface area contributed by atoms with Crippen molar-refractivity contribution >= 4 is 0 Å². The molecule has 2 N–H and O–H groups in total. The van der Waals surface area contributed by atoms with Gasteiger partial charge in [0.05, 0.1) is 6.10 Å². The minimum atomic E-state index is -0.393. The molecule has 0 fully saturated rings. The molecule has 0 aromatic heterocycles. The zero-order valence-electron chi connectivity index (χ0n) is 18.4. The fourth-order valence-electron chi connectivity index (χ4n) is 3.53. The van der Waals surface area contributed by atoms with Crippen molar-refractivity contribution in [1.29, 1.82) is 0 Å². The van der Waals surface area contributed by atoms with Crippen LogP contribution in [-0.2, 0) is 0 Å². The van der Waals surface area contributed by atoms with Crippen molar-refractivity contribution in [3.63, 3.8) is 0 Å². The van der Waals surface area contributed by atoms with Crippen LogP contribution < -0.4 is 5.32 Å². The van der Waals surface area contributed by atoms with Crippen LogP contribution in [0, 0.1) is 0 Å². The van der Waals surface area contributed by atoms with E-state index in [1.165, 1.54) is 89.9 Å². The van der Waals surface area contributed by atoms with Crippen molar-refractivity contribution < 1.29 is 5.11 Å². The van der Waals surface area contributed by atoms with Gasteiger partial charge in [0, 0.05) is 6.54 Å². The van der Waals surface area contributed by atoms with Crippen LogP contribution in [0.25, 0.3) is 0 Å². The van der Waals surface area contributed by atoms with E-state index in [1.807, 2.05) is 30.3 Å². The standard InChI is InChI=1S/C26H45NO/c1-2-3-4-5-6-7-8-9-10-11-12-13-14-15-16-20-23-27-24-26(28)25-21-18-17-19-22-25/h9-10,17-19,21-22,26-28H,2-8,11-16,20,23-24H2,1H3. The van der Waals surface area contributed by atoms with Crippen molar-refractivity contribution in [2.24, 2.45) is 0 Å². The Kier molecular flexibility index (Phi) is 17.1. The molecule has 0 saturated carbocycles. The number of aliphatic hydroxyl groups excluding tert-OH is 1. The van der Waals surface area contributed by atoms with Crippen LogP contribution in [-0.4, -0.2) is 18.2 Å². The molecule has 0 amide bonds. The summed E-state index contributed by atoms with van der Waals surface area (Å²) in [6.45, 7) is 3.93. The fraction of sp³-hybridized carbons (Fsp3) is 0.692. The third-order valence-corrected chi connectivity index (χ3v) is 5.39. The Labute approximate surface area is 174 Å². The molecule has 0 radical (unpaired) electrons. The first kappa shape index (κ1) is 24.9. The minimum Gasteiger partial charge on any atom is -0.387 e. The van der Waals surface area contributed by atoms with Gasteiger partial charge in [0.15, 0.2) is 0 Å². The van der Waals surface area contributed by atoms with Gasteiger partial charge >= 0.3 is 0 Å². The van der Waals surface area contributed by atoms with Gasteiger partial charge in [-0.25, -0.2) is 0 Å². The highest BCUT2D eigenvalue weighted by molar-refractivity contribution is 5.17. The number of benzene rings is 1. The number of allylic oxidation sites excluding steroid dienone is 2. The molecule has 1 unspecified atom stereocenters. The first-order valence-corrected chi connectivity index (χ1v) is 11.9.